The molecule has 2 aliphatic heterocycles. The molecule has 2 rings (SSSR count). The summed E-state index contributed by atoms with van der Waals surface area (Å²) in [7, 11) is 0. The standard InChI is InChI=1S/C9H11F3O4.C8H11FO4/c1-8(2,9(10,11)12)7(14)16-5-3-4-15-6(5)13;1-8(2,9)7(11)13-5-3-4-12-6(5)10/h5H,3-4H2,1-2H3;5H,3-4H2,1-2H3. The highest BCUT2D eigenvalue weighted by Crippen LogP contribution is 2.39. The SMILES string of the molecule is CC(C)(C(=O)OC1CCOC1=O)C(F)(F)F.CC(C)(F)C(=O)OC1CCOC1=O. The molecule has 2 unspecified atom stereocenters. The van der Waals surface area contributed by atoms with Crippen LogP contribution in [0.25, 0.3) is 0 Å². The van der Waals surface area contributed by atoms with Crippen molar-refractivity contribution in [3.63, 3.8) is 0 Å². The van der Waals surface area contributed by atoms with Gasteiger partial charge in [0.25, 0.3) is 0 Å². The number of carbonyl (C=O) groups excluding carboxylic acids is 4. The van der Waals surface area contributed by atoms with Gasteiger partial charge in [-0.15, -0.1) is 0 Å². The fourth-order valence-corrected chi connectivity index (χ4v) is 1.83. The van der Waals surface area contributed by atoms with Crippen LogP contribution in [0.1, 0.15) is 40.5 Å². The Morgan fingerprint density at radius 3 is 1.48 bits per heavy atom. The second kappa shape index (κ2) is 8.95. The fourth-order valence-electron chi connectivity index (χ4n) is 1.83. The minimum Gasteiger partial charge on any atom is -0.463 e. The molecule has 0 saturated carbocycles. The Hall–Kier alpha value is -2.40. The van der Waals surface area contributed by atoms with Gasteiger partial charge in [-0.1, -0.05) is 0 Å². The lowest BCUT2D eigenvalue weighted by atomic mass is 9.93. The molecule has 0 bridgehead atoms. The van der Waals surface area contributed by atoms with E-state index in [0.717, 1.165) is 13.8 Å². The number of rotatable bonds is 4. The third kappa shape index (κ3) is 6.57. The number of esters is 4. The first kappa shape index (κ1) is 24.6. The van der Waals surface area contributed by atoms with E-state index in [1.807, 2.05) is 0 Å². The third-order valence-electron chi connectivity index (χ3n) is 3.98. The van der Waals surface area contributed by atoms with Gasteiger partial charge >= 0.3 is 30.1 Å². The summed E-state index contributed by atoms with van der Waals surface area (Å²) in [4.78, 5) is 43.9. The minimum atomic E-state index is -4.72. The molecule has 2 fully saturated rings. The number of hydrogen-bond acceptors (Lipinski definition) is 8. The third-order valence-corrected chi connectivity index (χ3v) is 3.98. The zero-order valence-corrected chi connectivity index (χ0v) is 16.3. The van der Waals surface area contributed by atoms with Crippen molar-refractivity contribution in [2.75, 3.05) is 13.2 Å². The number of cyclic esters (lactones) is 2. The number of ether oxygens (including phenoxy) is 4. The highest BCUT2D eigenvalue weighted by Gasteiger charge is 2.55. The van der Waals surface area contributed by atoms with Gasteiger partial charge in [-0.2, -0.15) is 13.2 Å². The van der Waals surface area contributed by atoms with E-state index in [1.54, 1.807) is 0 Å². The van der Waals surface area contributed by atoms with Gasteiger partial charge in [-0.25, -0.2) is 18.8 Å². The lowest BCUT2D eigenvalue weighted by molar-refractivity contribution is -0.227. The van der Waals surface area contributed by atoms with Gasteiger partial charge in [0.2, 0.25) is 17.9 Å². The molecule has 12 heteroatoms. The zero-order valence-electron chi connectivity index (χ0n) is 16.3. The van der Waals surface area contributed by atoms with Crippen molar-refractivity contribution in [2.45, 2.75) is 64.6 Å². The molecule has 0 radical (unpaired) electrons. The molecule has 2 aliphatic rings. The molecular formula is C17H22F4O8. The van der Waals surface area contributed by atoms with Gasteiger partial charge in [0.1, 0.15) is 0 Å². The molecule has 0 aromatic carbocycles. The molecule has 0 aromatic rings. The summed E-state index contributed by atoms with van der Waals surface area (Å²) in [6, 6.07) is 0. The predicted octanol–water partition coefficient (Wildman–Crippen LogP) is 2.03. The second-order valence-electron chi connectivity index (χ2n) is 7.30. The van der Waals surface area contributed by atoms with Crippen molar-refractivity contribution < 1.29 is 55.7 Å². The first-order valence-electron chi connectivity index (χ1n) is 8.58. The lowest BCUT2D eigenvalue weighted by Crippen LogP contribution is -2.43. The van der Waals surface area contributed by atoms with Crippen LogP contribution in [0.15, 0.2) is 0 Å². The van der Waals surface area contributed by atoms with Gasteiger partial charge in [0.15, 0.2) is 5.41 Å². The van der Waals surface area contributed by atoms with Crippen molar-refractivity contribution >= 4 is 23.9 Å². The summed E-state index contributed by atoms with van der Waals surface area (Å²) in [5.74, 6) is -3.90. The Labute approximate surface area is 163 Å². The molecule has 0 aromatic heterocycles. The van der Waals surface area contributed by atoms with Crippen molar-refractivity contribution in [1.29, 1.82) is 0 Å². The van der Waals surface area contributed by atoms with Gasteiger partial charge in [-0.3, -0.25) is 4.79 Å². The summed E-state index contributed by atoms with van der Waals surface area (Å²) in [5.41, 5.74) is -4.70. The molecule has 29 heavy (non-hydrogen) atoms. The predicted molar refractivity (Wildman–Crippen MR) is 85.9 cm³/mol. The number of alkyl halides is 4. The topological polar surface area (TPSA) is 105 Å². The summed E-state index contributed by atoms with van der Waals surface area (Å²) >= 11 is 0. The van der Waals surface area contributed by atoms with Crippen LogP contribution in [-0.4, -0.2) is 61.1 Å². The maximum atomic E-state index is 12.9. The Morgan fingerprint density at radius 2 is 1.21 bits per heavy atom. The van der Waals surface area contributed by atoms with E-state index in [-0.39, 0.29) is 19.6 Å². The molecule has 2 saturated heterocycles. The first-order valence-corrected chi connectivity index (χ1v) is 8.58. The first-order chi connectivity index (χ1) is 13.1. The molecule has 2 atom stereocenters. The van der Waals surface area contributed by atoms with Crippen molar-refractivity contribution in [1.82, 2.24) is 0 Å². The average Bonchev–Trinajstić information content (AvgIpc) is 3.15. The average molecular weight is 430 g/mol. The largest absolute Gasteiger partial charge is 0.463 e. The van der Waals surface area contributed by atoms with Crippen LogP contribution in [0.5, 0.6) is 0 Å². The van der Waals surface area contributed by atoms with Gasteiger partial charge in [0, 0.05) is 12.8 Å². The molecule has 8 nitrogen and oxygen atoms in total. The van der Waals surface area contributed by atoms with Crippen LogP contribution in [0.2, 0.25) is 0 Å². The van der Waals surface area contributed by atoms with Gasteiger partial charge < -0.3 is 18.9 Å². The van der Waals surface area contributed by atoms with Crippen LogP contribution >= 0.6 is 0 Å². The molecule has 2 heterocycles. The monoisotopic (exact) mass is 430 g/mol. The van der Waals surface area contributed by atoms with Gasteiger partial charge in [-0.05, 0) is 27.7 Å². The van der Waals surface area contributed by atoms with Crippen molar-refractivity contribution in [3.8, 4) is 0 Å². The van der Waals surface area contributed by atoms with E-state index in [9.17, 15) is 36.7 Å². The van der Waals surface area contributed by atoms with Crippen LogP contribution < -0.4 is 0 Å². The van der Waals surface area contributed by atoms with E-state index >= 15 is 0 Å². The molecule has 0 N–H and O–H groups in total. The zero-order chi connectivity index (χ0) is 22.6. The fraction of sp³-hybridized carbons (Fsp3) is 0.765. The Kier molecular flexibility index (Phi) is 7.61. The van der Waals surface area contributed by atoms with Crippen LogP contribution in [-0.2, 0) is 38.1 Å². The molecule has 166 valence electrons. The summed E-state index contributed by atoms with van der Waals surface area (Å²) in [6.07, 6.45) is -6.46. The highest BCUT2D eigenvalue weighted by atomic mass is 19.4. The Morgan fingerprint density at radius 1 is 0.828 bits per heavy atom. The molecule has 0 aliphatic carbocycles. The minimum absolute atomic E-state index is 0.0588. The van der Waals surface area contributed by atoms with Crippen LogP contribution in [0.4, 0.5) is 17.6 Å². The van der Waals surface area contributed by atoms with Crippen LogP contribution in [0.3, 0.4) is 0 Å². The quantitative estimate of drug-likeness (QED) is 0.379. The van der Waals surface area contributed by atoms with E-state index in [4.69, 9.17) is 0 Å². The second-order valence-corrected chi connectivity index (χ2v) is 7.30. The highest BCUT2D eigenvalue weighted by molar-refractivity contribution is 5.84. The van der Waals surface area contributed by atoms with Crippen molar-refractivity contribution in [3.05, 3.63) is 0 Å². The van der Waals surface area contributed by atoms with E-state index in [2.05, 4.69) is 18.9 Å². The van der Waals surface area contributed by atoms with Crippen molar-refractivity contribution in [2.24, 2.45) is 5.41 Å². The number of hydrogen-bond donors (Lipinski definition) is 0. The lowest BCUT2D eigenvalue weighted by Gasteiger charge is -2.26. The smallest absolute Gasteiger partial charge is 0.404 e. The molecule has 0 spiro atoms. The van der Waals surface area contributed by atoms with E-state index in [1.165, 1.54) is 0 Å². The summed E-state index contributed by atoms with van der Waals surface area (Å²) < 4.78 is 68.3. The number of carbonyl (C=O) groups is 4. The summed E-state index contributed by atoms with van der Waals surface area (Å²) in [6.45, 7) is 3.85. The maximum Gasteiger partial charge on any atom is 0.404 e. The van der Waals surface area contributed by atoms with E-state index < -0.39 is 53.3 Å². The normalized spacial score (nSPS) is 22.2. The molecule has 0 amide bonds. The van der Waals surface area contributed by atoms with Gasteiger partial charge in [0.05, 0.1) is 13.2 Å². The molecular weight excluding hydrogens is 408 g/mol. The Bertz CT molecular complexity index is 651. The van der Waals surface area contributed by atoms with Crippen LogP contribution in [0, 0.1) is 5.41 Å². The number of halogens is 4. The maximum absolute atomic E-state index is 12.9. The summed E-state index contributed by atoms with van der Waals surface area (Å²) in [5, 5.41) is 0. The Balaban J connectivity index is 0.000000296. The van der Waals surface area contributed by atoms with E-state index in [0.29, 0.717) is 20.3 Å².